The maximum absolute atomic E-state index is 12.6. The van der Waals surface area contributed by atoms with Crippen LogP contribution in [0.1, 0.15) is 27.0 Å². The number of carbonyl (C=O) groups is 2. The first-order valence-electron chi connectivity index (χ1n) is 9.40. The van der Waals surface area contributed by atoms with Gasteiger partial charge in [0.2, 0.25) is 0 Å². The summed E-state index contributed by atoms with van der Waals surface area (Å²) in [6.45, 7) is 0. The number of hydrogen-bond donors (Lipinski definition) is 2. The zero-order chi connectivity index (χ0) is 21.3. The van der Waals surface area contributed by atoms with Crippen LogP contribution in [-0.4, -0.2) is 35.1 Å². The summed E-state index contributed by atoms with van der Waals surface area (Å²) in [6.07, 6.45) is 7.61. The van der Waals surface area contributed by atoms with E-state index in [0.29, 0.717) is 5.56 Å². The van der Waals surface area contributed by atoms with Crippen molar-refractivity contribution in [2.24, 2.45) is 0 Å². The van der Waals surface area contributed by atoms with Crippen molar-refractivity contribution in [3.63, 3.8) is 0 Å². The van der Waals surface area contributed by atoms with Crippen LogP contribution in [-0.2, 0) is 16.0 Å². The third kappa shape index (κ3) is 5.78. The molecule has 0 bridgehead atoms. The van der Waals surface area contributed by atoms with E-state index in [-0.39, 0.29) is 18.1 Å². The van der Waals surface area contributed by atoms with Crippen LogP contribution in [0.15, 0.2) is 73.1 Å². The van der Waals surface area contributed by atoms with E-state index in [4.69, 9.17) is 4.74 Å². The Morgan fingerprint density at radius 3 is 2.17 bits per heavy atom. The molecule has 3 rings (SSSR count). The highest BCUT2D eigenvalue weighted by molar-refractivity contribution is 5.97. The predicted octanol–water partition coefficient (Wildman–Crippen LogP) is 3.47. The van der Waals surface area contributed by atoms with Crippen molar-refractivity contribution in [3.8, 4) is 5.75 Å². The highest BCUT2D eigenvalue weighted by Gasteiger charge is 2.22. The Bertz CT molecular complexity index is 1010. The average molecular weight is 402 g/mol. The fourth-order valence-corrected chi connectivity index (χ4v) is 2.86. The van der Waals surface area contributed by atoms with Crippen molar-refractivity contribution in [2.75, 3.05) is 7.11 Å². The number of hydrogen-bond acceptors (Lipinski definition) is 5. The fraction of sp³-hybridized carbons (Fsp3) is 0.125. The second-order valence-corrected chi connectivity index (χ2v) is 6.66. The molecule has 152 valence electrons. The van der Waals surface area contributed by atoms with Gasteiger partial charge in [0.25, 0.3) is 5.91 Å². The Morgan fingerprint density at radius 1 is 0.967 bits per heavy atom. The fourth-order valence-electron chi connectivity index (χ4n) is 2.86. The van der Waals surface area contributed by atoms with Crippen molar-refractivity contribution in [1.29, 1.82) is 0 Å². The number of methoxy groups -OCH3 is 1. The van der Waals surface area contributed by atoms with Crippen LogP contribution >= 0.6 is 0 Å². The van der Waals surface area contributed by atoms with E-state index in [2.05, 4.69) is 10.3 Å². The number of nitrogens with zero attached hydrogens (tertiary/aromatic N) is 1. The molecule has 0 aliphatic heterocycles. The molecule has 2 N–H and O–H groups in total. The lowest BCUT2D eigenvalue weighted by Gasteiger charge is -2.17. The van der Waals surface area contributed by atoms with Gasteiger partial charge in [-0.25, -0.2) is 4.79 Å². The van der Waals surface area contributed by atoms with Gasteiger partial charge in [-0.3, -0.25) is 9.78 Å². The van der Waals surface area contributed by atoms with Gasteiger partial charge in [-0.1, -0.05) is 36.4 Å². The largest absolute Gasteiger partial charge is 0.508 e. The number of carbonyl (C=O) groups excluding carboxylic acids is 2. The highest BCUT2D eigenvalue weighted by atomic mass is 16.5. The molecule has 2 aromatic carbocycles. The summed E-state index contributed by atoms with van der Waals surface area (Å²) in [5, 5.41) is 12.1. The van der Waals surface area contributed by atoms with Crippen LogP contribution in [0.2, 0.25) is 0 Å². The highest BCUT2D eigenvalue weighted by Crippen LogP contribution is 2.13. The smallest absolute Gasteiger partial charge is 0.328 e. The molecule has 0 radical (unpaired) electrons. The van der Waals surface area contributed by atoms with Gasteiger partial charge in [-0.05, 0) is 53.1 Å². The molecule has 1 aromatic heterocycles. The van der Waals surface area contributed by atoms with E-state index in [0.717, 1.165) is 16.7 Å². The molecule has 6 heteroatoms. The molecular formula is C24H22N2O4. The molecule has 0 aliphatic rings. The lowest BCUT2D eigenvalue weighted by molar-refractivity contribution is -0.142. The second-order valence-electron chi connectivity index (χ2n) is 6.66. The maximum Gasteiger partial charge on any atom is 0.328 e. The molecule has 0 fully saturated rings. The summed E-state index contributed by atoms with van der Waals surface area (Å²) < 4.78 is 4.82. The normalized spacial score (nSPS) is 11.8. The third-order valence-electron chi connectivity index (χ3n) is 4.51. The summed E-state index contributed by atoms with van der Waals surface area (Å²) >= 11 is 0. The number of aromatic nitrogens is 1. The molecule has 0 saturated heterocycles. The standard InChI is InChI=1S/C24H22N2O4/c1-30-24(29)22(16-19-6-10-21(27)11-7-19)26-23(28)20-8-4-17(5-9-20)2-3-18-12-14-25-15-13-18/h2-15,22,27H,16H2,1H3,(H,26,28)/b3-2+. The van der Waals surface area contributed by atoms with Crippen molar-refractivity contribution in [3.05, 3.63) is 95.3 Å². The molecule has 3 aromatic rings. The first kappa shape index (κ1) is 20.8. The van der Waals surface area contributed by atoms with E-state index in [1.165, 1.54) is 19.2 Å². The van der Waals surface area contributed by atoms with Gasteiger partial charge in [0, 0.05) is 24.4 Å². The van der Waals surface area contributed by atoms with Gasteiger partial charge in [-0.15, -0.1) is 0 Å². The van der Waals surface area contributed by atoms with Gasteiger partial charge in [0.15, 0.2) is 0 Å². The van der Waals surface area contributed by atoms with Crippen LogP contribution < -0.4 is 5.32 Å². The molecule has 0 saturated carbocycles. The van der Waals surface area contributed by atoms with Crippen LogP contribution in [0.25, 0.3) is 12.2 Å². The number of ether oxygens (including phenoxy) is 1. The predicted molar refractivity (Wildman–Crippen MR) is 115 cm³/mol. The quantitative estimate of drug-likeness (QED) is 0.591. The van der Waals surface area contributed by atoms with Gasteiger partial charge >= 0.3 is 5.97 Å². The lowest BCUT2D eigenvalue weighted by atomic mass is 10.0. The first-order chi connectivity index (χ1) is 14.5. The Morgan fingerprint density at radius 2 is 1.57 bits per heavy atom. The third-order valence-corrected chi connectivity index (χ3v) is 4.51. The molecule has 0 aliphatic carbocycles. The monoisotopic (exact) mass is 402 g/mol. The van der Waals surface area contributed by atoms with Gasteiger partial charge in [-0.2, -0.15) is 0 Å². The molecular weight excluding hydrogens is 380 g/mol. The second kappa shape index (κ2) is 10.0. The lowest BCUT2D eigenvalue weighted by Crippen LogP contribution is -2.43. The average Bonchev–Trinajstić information content (AvgIpc) is 2.79. The number of benzene rings is 2. The Hall–Kier alpha value is -3.93. The zero-order valence-electron chi connectivity index (χ0n) is 16.5. The van der Waals surface area contributed by atoms with Crippen molar-refractivity contribution >= 4 is 24.0 Å². The molecule has 1 unspecified atom stereocenters. The van der Waals surface area contributed by atoms with Gasteiger partial charge in [0.1, 0.15) is 11.8 Å². The van der Waals surface area contributed by atoms with Crippen LogP contribution in [0, 0.1) is 0 Å². The number of pyridine rings is 1. The van der Waals surface area contributed by atoms with E-state index < -0.39 is 12.0 Å². The number of phenols is 1. The maximum atomic E-state index is 12.6. The summed E-state index contributed by atoms with van der Waals surface area (Å²) in [6, 6.07) is 16.5. The number of phenolic OH excluding ortho intramolecular Hbond substituents is 1. The van der Waals surface area contributed by atoms with E-state index in [1.54, 1.807) is 36.7 Å². The summed E-state index contributed by atoms with van der Waals surface area (Å²) in [4.78, 5) is 28.7. The van der Waals surface area contributed by atoms with E-state index in [9.17, 15) is 14.7 Å². The Labute approximate surface area is 174 Å². The zero-order valence-corrected chi connectivity index (χ0v) is 16.5. The number of aromatic hydroxyl groups is 1. The number of rotatable bonds is 7. The van der Waals surface area contributed by atoms with Crippen LogP contribution in [0.5, 0.6) is 5.75 Å². The van der Waals surface area contributed by atoms with E-state index in [1.807, 2.05) is 36.4 Å². The molecule has 30 heavy (non-hydrogen) atoms. The van der Waals surface area contributed by atoms with Crippen molar-refractivity contribution < 1.29 is 19.4 Å². The van der Waals surface area contributed by atoms with Crippen molar-refractivity contribution in [1.82, 2.24) is 10.3 Å². The van der Waals surface area contributed by atoms with Gasteiger partial charge < -0.3 is 15.2 Å². The molecule has 0 spiro atoms. The van der Waals surface area contributed by atoms with Crippen molar-refractivity contribution in [2.45, 2.75) is 12.5 Å². The number of amides is 1. The molecule has 1 heterocycles. The minimum absolute atomic E-state index is 0.135. The van der Waals surface area contributed by atoms with E-state index >= 15 is 0 Å². The van der Waals surface area contributed by atoms with Gasteiger partial charge in [0.05, 0.1) is 7.11 Å². The number of esters is 1. The minimum atomic E-state index is -0.835. The van der Waals surface area contributed by atoms with Crippen LogP contribution in [0.4, 0.5) is 0 Å². The Balaban J connectivity index is 1.66. The molecule has 1 atom stereocenters. The SMILES string of the molecule is COC(=O)C(Cc1ccc(O)cc1)NC(=O)c1ccc(/C=C/c2ccncc2)cc1. The minimum Gasteiger partial charge on any atom is -0.508 e. The summed E-state index contributed by atoms with van der Waals surface area (Å²) in [5.74, 6) is -0.766. The molecule has 6 nitrogen and oxygen atoms in total. The summed E-state index contributed by atoms with van der Waals surface area (Å²) in [5.41, 5.74) is 3.20. The topological polar surface area (TPSA) is 88.5 Å². The number of nitrogens with one attached hydrogen (secondary N) is 1. The van der Waals surface area contributed by atoms with Crippen LogP contribution in [0.3, 0.4) is 0 Å². The first-order valence-corrected chi connectivity index (χ1v) is 9.40. The Kier molecular flexibility index (Phi) is 6.95. The summed E-state index contributed by atoms with van der Waals surface area (Å²) in [7, 11) is 1.28. The molecule has 1 amide bonds.